The van der Waals surface area contributed by atoms with E-state index in [1.165, 1.54) is 17.3 Å². The molecule has 0 unspecified atom stereocenters. The molecule has 3 fully saturated rings. The lowest BCUT2D eigenvalue weighted by Crippen LogP contribution is -2.48. The Bertz CT molecular complexity index is 1040. The third-order valence-electron chi connectivity index (χ3n) is 6.46. The second-order valence-corrected chi connectivity index (χ2v) is 10.5. The Morgan fingerprint density at radius 2 is 1.84 bits per heavy atom. The second kappa shape index (κ2) is 8.45. The van der Waals surface area contributed by atoms with Crippen LogP contribution < -0.4 is 10.6 Å². The fourth-order valence-corrected chi connectivity index (χ4v) is 6.21. The topological polar surface area (TPSA) is 125 Å². The summed E-state index contributed by atoms with van der Waals surface area (Å²) in [4.78, 5) is 39.3. The van der Waals surface area contributed by atoms with Crippen LogP contribution in [0.5, 0.6) is 0 Å². The maximum absolute atomic E-state index is 13.1. The van der Waals surface area contributed by atoms with E-state index in [0.717, 1.165) is 17.7 Å². The van der Waals surface area contributed by atoms with E-state index in [-0.39, 0.29) is 29.6 Å². The Labute approximate surface area is 187 Å². The van der Waals surface area contributed by atoms with Crippen molar-refractivity contribution in [2.45, 2.75) is 56.0 Å². The molecular weight excluding hydrogens is 436 g/mol. The van der Waals surface area contributed by atoms with Crippen molar-refractivity contribution in [3.63, 3.8) is 0 Å². The molecule has 4 amide bonds. The highest BCUT2D eigenvalue weighted by molar-refractivity contribution is 7.89. The summed E-state index contributed by atoms with van der Waals surface area (Å²) in [5, 5.41) is 5.42. The van der Waals surface area contributed by atoms with Crippen LogP contribution in [0, 0.1) is 6.92 Å². The lowest BCUT2D eigenvalue weighted by molar-refractivity contribution is -0.136. The molecule has 1 atom stereocenters. The van der Waals surface area contributed by atoms with Crippen LogP contribution in [0.4, 0.5) is 10.5 Å². The molecule has 3 aliphatic rings. The number of urea groups is 1. The number of nitrogens with one attached hydrogen (secondary N) is 2. The molecule has 1 aliphatic carbocycles. The number of hydrogen-bond donors (Lipinski definition) is 2. The third-order valence-corrected chi connectivity index (χ3v) is 8.50. The summed E-state index contributed by atoms with van der Waals surface area (Å²) in [6, 6.07) is 3.02. The molecule has 11 heteroatoms. The minimum atomic E-state index is -3.75. The molecular formula is C21H28N4O6S. The van der Waals surface area contributed by atoms with Gasteiger partial charge in [-0.2, -0.15) is 4.31 Å². The zero-order valence-electron chi connectivity index (χ0n) is 18.2. The Morgan fingerprint density at radius 1 is 1.19 bits per heavy atom. The lowest BCUT2D eigenvalue weighted by atomic mass is 9.97. The van der Waals surface area contributed by atoms with Crippen LogP contribution in [-0.2, 0) is 24.3 Å². The number of benzene rings is 1. The van der Waals surface area contributed by atoms with Gasteiger partial charge < -0.3 is 15.4 Å². The Morgan fingerprint density at radius 3 is 2.50 bits per heavy atom. The zero-order chi connectivity index (χ0) is 23.1. The first kappa shape index (κ1) is 22.7. The molecule has 1 saturated carbocycles. The Hall–Kier alpha value is -2.50. The molecule has 0 radical (unpaired) electrons. The minimum Gasteiger partial charge on any atom is -0.379 e. The number of amides is 4. The average molecular weight is 465 g/mol. The molecule has 32 heavy (non-hydrogen) atoms. The smallest absolute Gasteiger partial charge is 0.325 e. The molecule has 2 saturated heterocycles. The Kier molecular flexibility index (Phi) is 5.99. The molecule has 2 heterocycles. The van der Waals surface area contributed by atoms with Crippen LogP contribution >= 0.6 is 0 Å². The van der Waals surface area contributed by atoms with Gasteiger partial charge in [0.15, 0.2) is 0 Å². The van der Waals surface area contributed by atoms with Crippen LogP contribution in [0.25, 0.3) is 0 Å². The van der Waals surface area contributed by atoms with E-state index in [1.54, 1.807) is 19.1 Å². The van der Waals surface area contributed by atoms with Crippen molar-refractivity contribution >= 4 is 33.6 Å². The van der Waals surface area contributed by atoms with Crippen molar-refractivity contribution in [3.05, 3.63) is 23.8 Å². The first-order valence-corrected chi connectivity index (χ1v) is 12.2. The van der Waals surface area contributed by atoms with E-state index in [2.05, 4.69) is 10.6 Å². The number of nitrogens with zero attached hydrogens (tertiary/aromatic N) is 2. The largest absolute Gasteiger partial charge is 0.379 e. The molecule has 174 valence electrons. The van der Waals surface area contributed by atoms with Crippen molar-refractivity contribution in [3.8, 4) is 0 Å². The molecule has 1 aromatic carbocycles. The molecule has 2 aliphatic heterocycles. The highest BCUT2D eigenvalue weighted by Gasteiger charge is 2.54. The van der Waals surface area contributed by atoms with E-state index in [0.29, 0.717) is 31.6 Å². The lowest BCUT2D eigenvalue weighted by Gasteiger charge is -2.27. The predicted molar refractivity (Wildman–Crippen MR) is 115 cm³/mol. The number of sulfonamides is 1. The van der Waals surface area contributed by atoms with Gasteiger partial charge in [-0.05, 0) is 44.4 Å². The second-order valence-electron chi connectivity index (χ2n) is 8.56. The molecule has 0 bridgehead atoms. The van der Waals surface area contributed by atoms with E-state index in [1.807, 2.05) is 0 Å². The van der Waals surface area contributed by atoms with Gasteiger partial charge in [0.2, 0.25) is 15.9 Å². The van der Waals surface area contributed by atoms with Gasteiger partial charge in [0, 0.05) is 18.8 Å². The number of aryl methyl sites for hydroxylation is 1. The van der Waals surface area contributed by atoms with Crippen LogP contribution in [0.3, 0.4) is 0 Å². The van der Waals surface area contributed by atoms with Crippen molar-refractivity contribution in [1.29, 1.82) is 0 Å². The first-order chi connectivity index (χ1) is 15.2. The van der Waals surface area contributed by atoms with Gasteiger partial charge in [0.25, 0.3) is 5.91 Å². The van der Waals surface area contributed by atoms with Crippen molar-refractivity contribution in [1.82, 2.24) is 14.5 Å². The normalized spacial score (nSPS) is 22.2. The maximum atomic E-state index is 13.1. The number of rotatable bonds is 5. The minimum absolute atomic E-state index is 0.102. The standard InChI is InChI=1S/C21H28N4O6S/c1-14-5-6-16(13-17(14)32(29,30)24-9-11-31-12-10-24)22-18(26)15(2)25-19(27)21(23-20(25)28)7-3-4-8-21/h5-6,13,15H,3-4,7-12H2,1-2H3,(H,22,26)(H,23,28)/t15-/m0/s1. The van der Waals surface area contributed by atoms with Crippen LogP contribution in [0.1, 0.15) is 38.2 Å². The van der Waals surface area contributed by atoms with Gasteiger partial charge in [-0.3, -0.25) is 9.59 Å². The molecule has 4 rings (SSSR count). The fourth-order valence-electron chi connectivity index (χ4n) is 4.56. The van der Waals surface area contributed by atoms with Gasteiger partial charge in [0.1, 0.15) is 11.6 Å². The van der Waals surface area contributed by atoms with Gasteiger partial charge in [-0.25, -0.2) is 18.1 Å². The number of morpholine rings is 1. The van der Waals surface area contributed by atoms with E-state index in [9.17, 15) is 22.8 Å². The highest BCUT2D eigenvalue weighted by atomic mass is 32.2. The van der Waals surface area contributed by atoms with E-state index < -0.39 is 33.5 Å². The van der Waals surface area contributed by atoms with Crippen molar-refractivity contribution < 1.29 is 27.5 Å². The fraction of sp³-hybridized carbons (Fsp3) is 0.571. The molecule has 2 N–H and O–H groups in total. The molecule has 10 nitrogen and oxygen atoms in total. The zero-order valence-corrected chi connectivity index (χ0v) is 19.0. The summed E-state index contributed by atoms with van der Waals surface area (Å²) < 4.78 is 32.7. The van der Waals surface area contributed by atoms with Crippen LogP contribution in [0.2, 0.25) is 0 Å². The Balaban J connectivity index is 1.52. The number of ether oxygens (including phenoxy) is 1. The number of imide groups is 1. The van der Waals surface area contributed by atoms with Crippen LogP contribution in [0.15, 0.2) is 23.1 Å². The van der Waals surface area contributed by atoms with Gasteiger partial charge >= 0.3 is 6.03 Å². The maximum Gasteiger partial charge on any atom is 0.325 e. The summed E-state index contributed by atoms with van der Waals surface area (Å²) in [5.41, 5.74) is -0.0590. The van der Waals surface area contributed by atoms with Crippen molar-refractivity contribution in [2.24, 2.45) is 0 Å². The highest BCUT2D eigenvalue weighted by Crippen LogP contribution is 2.36. The van der Waals surface area contributed by atoms with Crippen LogP contribution in [-0.4, -0.2) is 73.4 Å². The quantitative estimate of drug-likeness (QED) is 0.631. The van der Waals surface area contributed by atoms with E-state index in [4.69, 9.17) is 4.74 Å². The summed E-state index contributed by atoms with van der Waals surface area (Å²) >= 11 is 0. The summed E-state index contributed by atoms with van der Waals surface area (Å²) in [6.45, 7) is 4.38. The predicted octanol–water partition coefficient (Wildman–Crippen LogP) is 1.21. The molecule has 1 aromatic rings. The third kappa shape index (κ3) is 3.89. The molecule has 1 spiro atoms. The number of anilines is 1. The number of hydrogen-bond acceptors (Lipinski definition) is 6. The van der Waals surface area contributed by atoms with E-state index >= 15 is 0 Å². The average Bonchev–Trinajstić information content (AvgIpc) is 3.34. The van der Waals surface area contributed by atoms with Gasteiger partial charge in [-0.1, -0.05) is 18.9 Å². The summed E-state index contributed by atoms with van der Waals surface area (Å²) in [7, 11) is -3.75. The SMILES string of the molecule is Cc1ccc(NC(=O)[C@H](C)N2C(=O)NC3(CCCC3)C2=O)cc1S(=O)(=O)N1CCOCC1. The molecule has 0 aromatic heterocycles. The summed E-state index contributed by atoms with van der Waals surface area (Å²) in [6.07, 6.45) is 2.85. The van der Waals surface area contributed by atoms with Gasteiger partial charge in [0.05, 0.1) is 18.1 Å². The first-order valence-electron chi connectivity index (χ1n) is 10.8. The number of carbonyl (C=O) groups is 3. The monoisotopic (exact) mass is 464 g/mol. The van der Waals surface area contributed by atoms with Crippen molar-refractivity contribution in [2.75, 3.05) is 31.6 Å². The number of carbonyl (C=O) groups excluding carboxylic acids is 3. The summed E-state index contributed by atoms with van der Waals surface area (Å²) in [5.74, 6) is -0.940. The van der Waals surface area contributed by atoms with Gasteiger partial charge in [-0.15, -0.1) is 0 Å².